The summed E-state index contributed by atoms with van der Waals surface area (Å²) in [5.74, 6) is 0. The Bertz CT molecular complexity index is 638. The van der Waals surface area contributed by atoms with Gasteiger partial charge in [-0.05, 0) is 18.4 Å². The van der Waals surface area contributed by atoms with Crippen molar-refractivity contribution in [1.29, 1.82) is 0 Å². The Morgan fingerprint density at radius 3 is 2.67 bits per heavy atom. The van der Waals surface area contributed by atoms with Crippen molar-refractivity contribution in [3.63, 3.8) is 0 Å². The monoisotopic (exact) mass is 329 g/mol. The first-order valence-electron chi connectivity index (χ1n) is 8.28. The molecule has 0 radical (unpaired) electrons. The van der Waals surface area contributed by atoms with Crippen molar-refractivity contribution in [1.82, 2.24) is 25.4 Å². The fourth-order valence-corrected chi connectivity index (χ4v) is 3.24. The van der Waals surface area contributed by atoms with Crippen LogP contribution in [0.15, 0.2) is 43.0 Å². The van der Waals surface area contributed by atoms with Crippen molar-refractivity contribution in [3.8, 4) is 0 Å². The first kappa shape index (κ1) is 16.4. The minimum Gasteiger partial charge on any atom is -0.394 e. The summed E-state index contributed by atoms with van der Waals surface area (Å²) in [5, 5.41) is 19.8. The lowest BCUT2D eigenvalue weighted by molar-refractivity contribution is 0.161. The summed E-state index contributed by atoms with van der Waals surface area (Å²) >= 11 is 0. The summed E-state index contributed by atoms with van der Waals surface area (Å²) in [6.07, 6.45) is 6.79. The number of urea groups is 1. The van der Waals surface area contributed by atoms with Gasteiger partial charge >= 0.3 is 6.03 Å². The van der Waals surface area contributed by atoms with Crippen LogP contribution in [-0.2, 0) is 6.54 Å². The quantitative estimate of drug-likeness (QED) is 0.751. The Labute approximate surface area is 141 Å². The van der Waals surface area contributed by atoms with Gasteiger partial charge in [0.25, 0.3) is 0 Å². The maximum absolute atomic E-state index is 12.5. The van der Waals surface area contributed by atoms with Crippen LogP contribution in [0.5, 0.6) is 0 Å². The van der Waals surface area contributed by atoms with E-state index in [4.69, 9.17) is 0 Å². The lowest BCUT2D eigenvalue weighted by Crippen LogP contribution is -2.53. The van der Waals surface area contributed by atoms with Crippen LogP contribution in [0.25, 0.3) is 0 Å². The third-order valence-electron chi connectivity index (χ3n) is 4.59. The van der Waals surface area contributed by atoms with E-state index < -0.39 is 5.54 Å². The highest BCUT2D eigenvalue weighted by atomic mass is 16.3. The molecule has 7 nitrogen and oxygen atoms in total. The van der Waals surface area contributed by atoms with Crippen molar-refractivity contribution in [2.45, 2.75) is 43.8 Å². The summed E-state index contributed by atoms with van der Waals surface area (Å²) < 4.78 is 1.69. The second-order valence-electron chi connectivity index (χ2n) is 6.32. The number of aliphatic hydroxyl groups is 1. The van der Waals surface area contributed by atoms with Crippen molar-refractivity contribution >= 4 is 6.03 Å². The zero-order valence-electron chi connectivity index (χ0n) is 13.6. The summed E-state index contributed by atoms with van der Waals surface area (Å²) in [7, 11) is 0. The maximum atomic E-state index is 12.5. The lowest BCUT2D eigenvalue weighted by atomic mass is 9.99. The average Bonchev–Trinajstić information content (AvgIpc) is 3.27. The number of benzene rings is 1. The molecular weight excluding hydrogens is 306 g/mol. The molecule has 3 N–H and O–H groups in total. The first-order chi connectivity index (χ1) is 11.7. The smallest absolute Gasteiger partial charge is 0.315 e. The van der Waals surface area contributed by atoms with Gasteiger partial charge < -0.3 is 15.7 Å². The molecule has 0 spiro atoms. The molecular formula is C17H23N5O2. The lowest BCUT2D eigenvalue weighted by Gasteiger charge is -2.29. The number of hydrogen-bond acceptors (Lipinski definition) is 4. The first-order valence-corrected chi connectivity index (χ1v) is 8.28. The molecule has 128 valence electrons. The van der Waals surface area contributed by atoms with Crippen molar-refractivity contribution in [2.75, 3.05) is 6.61 Å². The van der Waals surface area contributed by atoms with Gasteiger partial charge in [0.1, 0.15) is 12.7 Å². The molecule has 1 saturated carbocycles. The number of carbonyl (C=O) groups is 1. The van der Waals surface area contributed by atoms with Crippen LogP contribution in [0.3, 0.4) is 0 Å². The third-order valence-corrected chi connectivity index (χ3v) is 4.59. The molecule has 7 heteroatoms. The molecule has 1 aromatic carbocycles. The highest BCUT2D eigenvalue weighted by molar-refractivity contribution is 5.75. The fourth-order valence-electron chi connectivity index (χ4n) is 3.24. The number of aliphatic hydroxyl groups excluding tert-OH is 1. The van der Waals surface area contributed by atoms with Crippen molar-refractivity contribution in [2.24, 2.45) is 0 Å². The molecule has 1 atom stereocenters. The SMILES string of the molecule is O=C(NC(Cn1cncn1)c1ccccc1)NC1(CO)CCCC1. The molecule has 1 aromatic heterocycles. The van der Waals surface area contributed by atoms with Gasteiger partial charge in [-0.1, -0.05) is 43.2 Å². The van der Waals surface area contributed by atoms with Gasteiger partial charge in [0.05, 0.1) is 24.7 Å². The Morgan fingerprint density at radius 2 is 2.04 bits per heavy atom. The Balaban J connectivity index is 1.70. The third kappa shape index (κ3) is 3.91. The van der Waals surface area contributed by atoms with Crippen LogP contribution in [-0.4, -0.2) is 38.0 Å². The molecule has 24 heavy (non-hydrogen) atoms. The molecule has 1 unspecified atom stereocenters. The van der Waals surface area contributed by atoms with E-state index >= 15 is 0 Å². The molecule has 0 saturated heterocycles. The molecule has 1 heterocycles. The van der Waals surface area contributed by atoms with Crippen LogP contribution < -0.4 is 10.6 Å². The number of aromatic nitrogens is 3. The molecule has 3 rings (SSSR count). The number of hydrogen-bond donors (Lipinski definition) is 3. The van der Waals surface area contributed by atoms with Crippen LogP contribution in [0.4, 0.5) is 4.79 Å². The summed E-state index contributed by atoms with van der Waals surface area (Å²) in [6.45, 7) is 0.461. The predicted octanol–water partition coefficient (Wildman–Crippen LogP) is 1.62. The number of nitrogens with zero attached hydrogens (tertiary/aromatic N) is 3. The van der Waals surface area contributed by atoms with E-state index in [1.165, 1.54) is 6.33 Å². The minimum atomic E-state index is -0.488. The molecule has 2 aromatic rings. The van der Waals surface area contributed by atoms with E-state index in [1.807, 2.05) is 30.3 Å². The van der Waals surface area contributed by atoms with Crippen LogP contribution in [0, 0.1) is 0 Å². The largest absolute Gasteiger partial charge is 0.394 e. The predicted molar refractivity (Wildman–Crippen MR) is 89.2 cm³/mol. The van der Waals surface area contributed by atoms with E-state index in [-0.39, 0.29) is 18.7 Å². The van der Waals surface area contributed by atoms with Crippen LogP contribution >= 0.6 is 0 Å². The summed E-state index contributed by atoms with van der Waals surface area (Å²) in [6, 6.07) is 9.27. The average molecular weight is 329 g/mol. The topological polar surface area (TPSA) is 92.1 Å². The second-order valence-corrected chi connectivity index (χ2v) is 6.32. The van der Waals surface area contributed by atoms with Crippen LogP contribution in [0.1, 0.15) is 37.3 Å². The van der Waals surface area contributed by atoms with Gasteiger partial charge in [-0.2, -0.15) is 5.10 Å². The van der Waals surface area contributed by atoms with E-state index in [0.717, 1.165) is 31.2 Å². The van der Waals surface area contributed by atoms with E-state index in [9.17, 15) is 9.90 Å². The molecule has 1 fully saturated rings. The normalized spacial score (nSPS) is 17.4. The van der Waals surface area contributed by atoms with Gasteiger partial charge in [0.2, 0.25) is 0 Å². The number of rotatable bonds is 6. The highest BCUT2D eigenvalue weighted by Gasteiger charge is 2.35. The second kappa shape index (κ2) is 7.44. The number of nitrogens with one attached hydrogen (secondary N) is 2. The Morgan fingerprint density at radius 1 is 1.29 bits per heavy atom. The van der Waals surface area contributed by atoms with Crippen molar-refractivity contribution in [3.05, 3.63) is 48.5 Å². The maximum Gasteiger partial charge on any atom is 0.315 e. The number of amides is 2. The zero-order valence-corrected chi connectivity index (χ0v) is 13.6. The fraction of sp³-hybridized carbons (Fsp3) is 0.471. The standard InChI is InChI=1S/C17H23N5O2/c23-11-17(8-4-5-9-17)21-16(24)20-15(10-22-13-18-12-19-22)14-6-2-1-3-7-14/h1-3,6-7,12-13,15,23H,4-5,8-11H2,(H2,20,21,24). The molecule has 2 amide bonds. The minimum absolute atomic E-state index is 0.0283. The zero-order chi connectivity index (χ0) is 16.8. The molecule has 0 bridgehead atoms. The summed E-state index contributed by atoms with van der Waals surface area (Å²) in [5.41, 5.74) is 0.506. The van der Waals surface area contributed by atoms with E-state index in [0.29, 0.717) is 6.54 Å². The van der Waals surface area contributed by atoms with Gasteiger partial charge in [-0.3, -0.25) is 4.68 Å². The number of carbonyl (C=O) groups excluding carboxylic acids is 1. The van der Waals surface area contributed by atoms with Gasteiger partial charge in [0, 0.05) is 0 Å². The highest BCUT2D eigenvalue weighted by Crippen LogP contribution is 2.29. The van der Waals surface area contributed by atoms with Crippen LogP contribution in [0.2, 0.25) is 0 Å². The van der Waals surface area contributed by atoms with Gasteiger partial charge in [-0.15, -0.1) is 0 Å². The Kier molecular flexibility index (Phi) is 5.10. The molecule has 0 aliphatic heterocycles. The van der Waals surface area contributed by atoms with Crippen molar-refractivity contribution < 1.29 is 9.90 Å². The van der Waals surface area contributed by atoms with Gasteiger partial charge in [0.15, 0.2) is 0 Å². The molecule has 1 aliphatic carbocycles. The van der Waals surface area contributed by atoms with E-state index in [1.54, 1.807) is 11.0 Å². The summed E-state index contributed by atoms with van der Waals surface area (Å²) in [4.78, 5) is 16.4. The molecule has 1 aliphatic rings. The van der Waals surface area contributed by atoms with E-state index in [2.05, 4.69) is 20.7 Å². The Hall–Kier alpha value is -2.41. The van der Waals surface area contributed by atoms with Gasteiger partial charge in [-0.25, -0.2) is 9.78 Å².